The molecule has 4 rings (SSSR count). The van der Waals surface area contributed by atoms with Gasteiger partial charge >= 0.3 is 5.97 Å². The number of nitrogens with zero attached hydrogens (tertiary/aromatic N) is 1. The molecule has 0 fully saturated rings. The second kappa shape index (κ2) is 8.15. The van der Waals surface area contributed by atoms with Crippen LogP contribution in [0.3, 0.4) is 0 Å². The van der Waals surface area contributed by atoms with Gasteiger partial charge in [0.05, 0.1) is 13.0 Å². The molecule has 0 aliphatic heterocycles. The van der Waals surface area contributed by atoms with Gasteiger partial charge in [0.15, 0.2) is 0 Å². The molecule has 1 unspecified atom stereocenters. The van der Waals surface area contributed by atoms with Crippen LogP contribution in [0.4, 0.5) is 0 Å². The molecule has 152 valence electrons. The van der Waals surface area contributed by atoms with Crippen molar-refractivity contribution < 1.29 is 14.6 Å². The molecule has 0 saturated heterocycles. The minimum absolute atomic E-state index is 0.318. The molecule has 4 nitrogen and oxygen atoms in total. The van der Waals surface area contributed by atoms with E-state index in [-0.39, 0.29) is 5.92 Å². The first-order valence-corrected chi connectivity index (χ1v) is 11.1. The Morgan fingerprint density at radius 1 is 1.28 bits per heavy atom. The normalized spacial score (nSPS) is 14.2. The summed E-state index contributed by atoms with van der Waals surface area (Å²) in [6, 6.07) is 8.30. The van der Waals surface area contributed by atoms with Crippen LogP contribution in [0.5, 0.6) is 5.75 Å². The van der Waals surface area contributed by atoms with Crippen LogP contribution >= 0.6 is 11.3 Å². The van der Waals surface area contributed by atoms with Gasteiger partial charge in [-0.1, -0.05) is 19.1 Å². The Morgan fingerprint density at radius 2 is 2.03 bits per heavy atom. The first-order valence-electron chi connectivity index (χ1n) is 10.3. The van der Waals surface area contributed by atoms with E-state index in [0.717, 1.165) is 42.0 Å². The number of thiophene rings is 1. The molecule has 29 heavy (non-hydrogen) atoms. The smallest absolute Gasteiger partial charge is 0.306 e. The van der Waals surface area contributed by atoms with Gasteiger partial charge in [0.2, 0.25) is 0 Å². The summed E-state index contributed by atoms with van der Waals surface area (Å²) in [6.45, 7) is 3.88. The zero-order valence-corrected chi connectivity index (χ0v) is 18.1. The first-order chi connectivity index (χ1) is 14.0. The molecule has 0 amide bonds. The molecular formula is C24H27NO3S. The molecule has 2 heterocycles. The van der Waals surface area contributed by atoms with Crippen molar-refractivity contribution in [2.75, 3.05) is 7.11 Å². The zero-order valence-electron chi connectivity index (χ0n) is 17.2. The third kappa shape index (κ3) is 3.76. The lowest BCUT2D eigenvalue weighted by Gasteiger charge is -2.16. The van der Waals surface area contributed by atoms with E-state index in [1.165, 1.54) is 38.9 Å². The second-order valence-corrected chi connectivity index (χ2v) is 9.03. The lowest BCUT2D eigenvalue weighted by Crippen LogP contribution is -2.10. The minimum Gasteiger partial charge on any atom is -0.497 e. The zero-order chi connectivity index (χ0) is 20.5. The summed E-state index contributed by atoms with van der Waals surface area (Å²) in [5.41, 5.74) is 6.27. The van der Waals surface area contributed by atoms with E-state index in [2.05, 4.69) is 19.1 Å². The number of carboxylic acid groups (broad SMARTS) is 1. The summed E-state index contributed by atoms with van der Waals surface area (Å²) in [6.07, 6.45) is 5.87. The van der Waals surface area contributed by atoms with E-state index in [9.17, 15) is 9.90 Å². The highest BCUT2D eigenvalue weighted by molar-refractivity contribution is 7.19. The van der Waals surface area contributed by atoms with Gasteiger partial charge in [-0.15, -0.1) is 11.3 Å². The Morgan fingerprint density at radius 3 is 2.72 bits per heavy atom. The molecule has 1 aromatic carbocycles. The second-order valence-electron chi connectivity index (χ2n) is 7.95. The monoisotopic (exact) mass is 409 g/mol. The molecule has 0 spiro atoms. The van der Waals surface area contributed by atoms with Gasteiger partial charge < -0.3 is 9.84 Å². The van der Waals surface area contributed by atoms with E-state index >= 15 is 0 Å². The van der Waals surface area contributed by atoms with Gasteiger partial charge in [0, 0.05) is 16.0 Å². The number of aliphatic carboxylic acids is 1. The minimum atomic E-state index is -0.721. The molecule has 1 aliphatic carbocycles. The molecule has 1 atom stereocenters. The van der Waals surface area contributed by atoms with E-state index in [0.29, 0.717) is 6.42 Å². The van der Waals surface area contributed by atoms with Crippen molar-refractivity contribution >= 4 is 27.5 Å². The van der Waals surface area contributed by atoms with Crippen molar-refractivity contribution in [3.8, 4) is 16.9 Å². The number of hydrogen-bond acceptors (Lipinski definition) is 4. The molecule has 1 N–H and O–H groups in total. The predicted molar refractivity (Wildman–Crippen MR) is 118 cm³/mol. The maximum Gasteiger partial charge on any atom is 0.306 e. The Balaban J connectivity index is 1.82. The van der Waals surface area contributed by atoms with Crippen LogP contribution in [0.25, 0.3) is 21.3 Å². The summed E-state index contributed by atoms with van der Waals surface area (Å²) in [5, 5.41) is 10.5. The maximum absolute atomic E-state index is 11.2. The number of benzene rings is 1. The summed E-state index contributed by atoms with van der Waals surface area (Å²) in [4.78, 5) is 18.8. The predicted octanol–water partition coefficient (Wildman–Crippen LogP) is 5.81. The van der Waals surface area contributed by atoms with Crippen LogP contribution in [-0.2, 0) is 24.1 Å². The molecule has 5 heteroatoms. The molecule has 1 aliphatic rings. The summed E-state index contributed by atoms with van der Waals surface area (Å²) < 4.78 is 5.35. The average Bonchev–Trinajstić information content (AvgIpc) is 3.29. The molecule has 0 bridgehead atoms. The number of ether oxygens (including phenoxy) is 1. The Labute approximate surface area is 175 Å². The number of pyridine rings is 1. The number of aryl methyl sites for hydroxylation is 3. The van der Waals surface area contributed by atoms with Gasteiger partial charge in [0.1, 0.15) is 10.6 Å². The van der Waals surface area contributed by atoms with Crippen LogP contribution in [0.1, 0.15) is 47.9 Å². The standard InChI is InChI=1S/C24H27NO3S/c1-14(24(26)27)6-4-7-18-15(2)25-23-22(19-8-5-9-20(19)29-23)21(18)16-10-12-17(28-3)13-11-16/h10-14H,4-9H2,1-3H3,(H,26,27). The van der Waals surface area contributed by atoms with Crippen LogP contribution < -0.4 is 4.74 Å². The van der Waals surface area contributed by atoms with E-state index in [1.807, 2.05) is 23.5 Å². The van der Waals surface area contributed by atoms with Crippen molar-refractivity contribution in [2.24, 2.45) is 5.92 Å². The molecule has 0 radical (unpaired) electrons. The SMILES string of the molecule is COc1ccc(-c2c(CCCC(C)C(=O)O)c(C)nc3sc4c(c23)CCC4)cc1. The van der Waals surface area contributed by atoms with Gasteiger partial charge in [-0.2, -0.15) is 0 Å². The van der Waals surface area contributed by atoms with Crippen molar-refractivity contribution in [3.63, 3.8) is 0 Å². The van der Waals surface area contributed by atoms with Gasteiger partial charge in [-0.3, -0.25) is 4.79 Å². The lowest BCUT2D eigenvalue weighted by atomic mass is 9.90. The first kappa shape index (κ1) is 19.9. The maximum atomic E-state index is 11.2. The summed E-state index contributed by atoms with van der Waals surface area (Å²) in [7, 11) is 1.69. The number of carboxylic acids is 1. The topological polar surface area (TPSA) is 59.4 Å². The van der Waals surface area contributed by atoms with Crippen molar-refractivity contribution in [3.05, 3.63) is 46.0 Å². The molecule has 0 saturated carbocycles. The number of methoxy groups -OCH3 is 1. The van der Waals surface area contributed by atoms with Crippen molar-refractivity contribution in [2.45, 2.75) is 52.4 Å². The summed E-state index contributed by atoms with van der Waals surface area (Å²) >= 11 is 1.84. The van der Waals surface area contributed by atoms with E-state index in [4.69, 9.17) is 9.72 Å². The van der Waals surface area contributed by atoms with Crippen LogP contribution in [0, 0.1) is 12.8 Å². The third-order valence-electron chi connectivity index (χ3n) is 6.02. The number of aromatic nitrogens is 1. The average molecular weight is 410 g/mol. The molecule has 2 aromatic heterocycles. The Kier molecular flexibility index (Phi) is 5.59. The van der Waals surface area contributed by atoms with Crippen molar-refractivity contribution in [1.82, 2.24) is 4.98 Å². The Hall–Kier alpha value is -2.40. The van der Waals surface area contributed by atoms with E-state index < -0.39 is 5.97 Å². The fourth-order valence-corrected chi connectivity index (χ4v) is 5.69. The van der Waals surface area contributed by atoms with Crippen molar-refractivity contribution in [1.29, 1.82) is 0 Å². The fourth-order valence-electron chi connectivity index (χ4n) is 4.37. The number of carbonyl (C=O) groups is 1. The van der Waals surface area contributed by atoms with Crippen LogP contribution in [0.2, 0.25) is 0 Å². The quantitative estimate of drug-likeness (QED) is 0.535. The molecule has 3 aromatic rings. The highest BCUT2D eigenvalue weighted by Gasteiger charge is 2.24. The van der Waals surface area contributed by atoms with Crippen LogP contribution in [-0.4, -0.2) is 23.2 Å². The highest BCUT2D eigenvalue weighted by Crippen LogP contribution is 2.44. The fraction of sp³-hybridized carbons (Fsp3) is 0.417. The van der Waals surface area contributed by atoms with E-state index in [1.54, 1.807) is 14.0 Å². The third-order valence-corrected chi connectivity index (χ3v) is 7.21. The van der Waals surface area contributed by atoms with Gasteiger partial charge in [0.25, 0.3) is 0 Å². The largest absolute Gasteiger partial charge is 0.497 e. The Bertz CT molecular complexity index is 1050. The lowest BCUT2D eigenvalue weighted by molar-refractivity contribution is -0.141. The number of rotatable bonds is 7. The van der Waals surface area contributed by atoms with Gasteiger partial charge in [-0.25, -0.2) is 4.98 Å². The molecular weight excluding hydrogens is 382 g/mol. The summed E-state index contributed by atoms with van der Waals surface area (Å²) in [5.74, 6) is -0.189. The van der Waals surface area contributed by atoms with Gasteiger partial charge in [-0.05, 0) is 79.8 Å². The number of fused-ring (bicyclic) bond motifs is 3. The highest BCUT2D eigenvalue weighted by atomic mass is 32.1. The van der Waals surface area contributed by atoms with Crippen LogP contribution in [0.15, 0.2) is 24.3 Å². The number of hydrogen-bond donors (Lipinski definition) is 1.